The second-order valence-corrected chi connectivity index (χ2v) is 5.35. The fourth-order valence-corrected chi connectivity index (χ4v) is 2.56. The van der Waals surface area contributed by atoms with Crippen LogP contribution < -0.4 is 9.64 Å². The molecule has 0 atom stereocenters. The predicted molar refractivity (Wildman–Crippen MR) is 83.9 cm³/mol. The summed E-state index contributed by atoms with van der Waals surface area (Å²) >= 11 is 0. The lowest BCUT2D eigenvalue weighted by molar-refractivity contribution is 0.317. The molecule has 114 valence electrons. The molecule has 1 aromatic carbocycles. The number of rotatable bonds is 5. The zero-order valence-corrected chi connectivity index (χ0v) is 12.7. The molecule has 0 radical (unpaired) electrons. The average Bonchev–Trinajstić information content (AvgIpc) is 3.22. The van der Waals surface area contributed by atoms with Crippen molar-refractivity contribution >= 4 is 5.88 Å². The van der Waals surface area contributed by atoms with Gasteiger partial charge in [0, 0.05) is 18.7 Å². The number of hydrogen-bond donors (Lipinski definition) is 0. The van der Waals surface area contributed by atoms with Gasteiger partial charge in [-0.15, -0.1) is 0 Å². The zero-order valence-electron chi connectivity index (χ0n) is 12.7. The summed E-state index contributed by atoms with van der Waals surface area (Å²) < 4.78 is 11.4. The lowest BCUT2D eigenvalue weighted by atomic mass is 10.2. The first-order valence-corrected chi connectivity index (χ1v) is 7.71. The number of oxazole rings is 1. The smallest absolute Gasteiger partial charge is 0.235 e. The molecule has 1 fully saturated rings. The van der Waals surface area contributed by atoms with Gasteiger partial charge in [0.1, 0.15) is 11.8 Å². The number of hydrogen-bond acceptors (Lipinski definition) is 5. The minimum Gasteiger partial charge on any atom is -0.494 e. The van der Waals surface area contributed by atoms with Gasteiger partial charge >= 0.3 is 0 Å². The Morgan fingerprint density at radius 2 is 2.00 bits per heavy atom. The standard InChI is InChI=1S/C17H19N3O2/c1-2-11-21-14-7-5-13(6-8-14)16-19-15(12-18)17(22-16)20-9-3-4-10-20/h5-8H,2-4,9-11H2,1H3. The number of aromatic nitrogens is 1. The van der Waals surface area contributed by atoms with Gasteiger partial charge in [0.15, 0.2) is 0 Å². The highest BCUT2D eigenvalue weighted by molar-refractivity contribution is 5.60. The summed E-state index contributed by atoms with van der Waals surface area (Å²) in [4.78, 5) is 6.42. The van der Waals surface area contributed by atoms with Crippen LogP contribution in [0, 0.1) is 11.3 Å². The molecule has 3 rings (SSSR count). The van der Waals surface area contributed by atoms with Gasteiger partial charge in [0.05, 0.1) is 6.61 Å². The molecule has 2 heterocycles. The molecule has 5 heteroatoms. The highest BCUT2D eigenvalue weighted by Crippen LogP contribution is 2.30. The molecule has 1 saturated heterocycles. The van der Waals surface area contributed by atoms with Crippen LogP contribution in [0.5, 0.6) is 5.75 Å². The van der Waals surface area contributed by atoms with Crippen LogP contribution in [0.4, 0.5) is 5.88 Å². The van der Waals surface area contributed by atoms with E-state index in [4.69, 9.17) is 9.15 Å². The van der Waals surface area contributed by atoms with Crippen LogP contribution in [0.25, 0.3) is 11.5 Å². The fraction of sp³-hybridized carbons (Fsp3) is 0.412. The molecule has 1 aliphatic heterocycles. The Morgan fingerprint density at radius 1 is 1.27 bits per heavy atom. The molecule has 1 aliphatic rings. The quantitative estimate of drug-likeness (QED) is 0.843. The molecule has 1 aromatic heterocycles. The molecule has 0 spiro atoms. The molecule has 0 saturated carbocycles. The van der Waals surface area contributed by atoms with Gasteiger partial charge < -0.3 is 14.1 Å². The monoisotopic (exact) mass is 297 g/mol. The summed E-state index contributed by atoms with van der Waals surface area (Å²) in [7, 11) is 0. The Hall–Kier alpha value is -2.48. The van der Waals surface area contributed by atoms with Gasteiger partial charge in [-0.05, 0) is 43.5 Å². The Balaban J connectivity index is 1.84. The van der Waals surface area contributed by atoms with Gasteiger partial charge in [-0.25, -0.2) is 0 Å². The van der Waals surface area contributed by atoms with E-state index < -0.39 is 0 Å². The van der Waals surface area contributed by atoms with Crippen LogP contribution in [-0.4, -0.2) is 24.7 Å². The van der Waals surface area contributed by atoms with Crippen molar-refractivity contribution in [3.8, 4) is 23.3 Å². The first-order chi connectivity index (χ1) is 10.8. The van der Waals surface area contributed by atoms with Crippen molar-refractivity contribution in [2.24, 2.45) is 0 Å². The molecule has 0 bridgehead atoms. The molecule has 0 N–H and O–H groups in total. The normalized spacial score (nSPS) is 14.1. The molecule has 0 amide bonds. The molecular formula is C17H19N3O2. The van der Waals surface area contributed by atoms with E-state index in [2.05, 4.69) is 22.9 Å². The van der Waals surface area contributed by atoms with Crippen LogP contribution in [-0.2, 0) is 0 Å². The van der Waals surface area contributed by atoms with Gasteiger partial charge in [-0.3, -0.25) is 0 Å². The average molecular weight is 297 g/mol. The molecule has 22 heavy (non-hydrogen) atoms. The molecule has 5 nitrogen and oxygen atoms in total. The lowest BCUT2D eigenvalue weighted by Gasteiger charge is -2.12. The van der Waals surface area contributed by atoms with Crippen LogP contribution in [0.15, 0.2) is 28.7 Å². The summed E-state index contributed by atoms with van der Waals surface area (Å²) in [5.74, 6) is 1.92. The summed E-state index contributed by atoms with van der Waals surface area (Å²) in [6, 6.07) is 9.75. The predicted octanol–water partition coefficient (Wildman–Crippen LogP) is 3.60. The molecule has 0 aliphatic carbocycles. The van der Waals surface area contributed by atoms with Crippen molar-refractivity contribution in [2.45, 2.75) is 26.2 Å². The van der Waals surface area contributed by atoms with E-state index in [1.165, 1.54) is 0 Å². The Morgan fingerprint density at radius 3 is 2.64 bits per heavy atom. The van der Waals surface area contributed by atoms with Crippen molar-refractivity contribution in [2.75, 3.05) is 24.6 Å². The number of nitriles is 1. The third kappa shape index (κ3) is 2.91. The van der Waals surface area contributed by atoms with Gasteiger partial charge in [0.2, 0.25) is 17.5 Å². The van der Waals surface area contributed by atoms with Crippen molar-refractivity contribution in [1.29, 1.82) is 5.26 Å². The van der Waals surface area contributed by atoms with Crippen molar-refractivity contribution in [3.63, 3.8) is 0 Å². The molecule has 2 aromatic rings. The van der Waals surface area contributed by atoms with E-state index in [-0.39, 0.29) is 0 Å². The van der Waals surface area contributed by atoms with Crippen LogP contribution >= 0.6 is 0 Å². The van der Waals surface area contributed by atoms with Gasteiger partial charge in [-0.1, -0.05) is 6.92 Å². The highest BCUT2D eigenvalue weighted by atomic mass is 16.5. The van der Waals surface area contributed by atoms with Gasteiger partial charge in [0.25, 0.3) is 0 Å². The highest BCUT2D eigenvalue weighted by Gasteiger charge is 2.22. The maximum absolute atomic E-state index is 9.26. The second-order valence-electron chi connectivity index (χ2n) is 5.35. The fourth-order valence-electron chi connectivity index (χ4n) is 2.56. The maximum Gasteiger partial charge on any atom is 0.235 e. The SMILES string of the molecule is CCCOc1ccc(-c2nc(C#N)c(N3CCCC3)o2)cc1. The Labute approximate surface area is 130 Å². The maximum atomic E-state index is 9.26. The second kappa shape index (κ2) is 6.52. The summed E-state index contributed by atoms with van der Waals surface area (Å²) in [5, 5.41) is 9.26. The summed E-state index contributed by atoms with van der Waals surface area (Å²) in [6.07, 6.45) is 3.24. The number of anilines is 1. The van der Waals surface area contributed by atoms with E-state index >= 15 is 0 Å². The van der Waals surface area contributed by atoms with E-state index in [0.29, 0.717) is 24.1 Å². The topological polar surface area (TPSA) is 62.3 Å². The van der Waals surface area contributed by atoms with Crippen LogP contribution in [0.3, 0.4) is 0 Å². The van der Waals surface area contributed by atoms with E-state index in [1.807, 2.05) is 24.3 Å². The lowest BCUT2D eigenvalue weighted by Crippen LogP contribution is -2.17. The largest absolute Gasteiger partial charge is 0.494 e. The summed E-state index contributed by atoms with van der Waals surface area (Å²) in [6.45, 7) is 4.63. The first kappa shape index (κ1) is 14.5. The minimum atomic E-state index is 0.364. The van der Waals surface area contributed by atoms with Crippen molar-refractivity contribution in [1.82, 2.24) is 4.98 Å². The molecule has 0 unspecified atom stereocenters. The Bertz CT molecular complexity index is 664. The van der Waals surface area contributed by atoms with Gasteiger partial charge in [-0.2, -0.15) is 10.2 Å². The Kier molecular flexibility index (Phi) is 4.29. The number of ether oxygens (including phenoxy) is 1. The number of benzene rings is 1. The third-order valence-electron chi connectivity index (χ3n) is 3.68. The first-order valence-electron chi connectivity index (χ1n) is 7.71. The number of nitrogens with zero attached hydrogens (tertiary/aromatic N) is 3. The van der Waals surface area contributed by atoms with Crippen LogP contribution in [0.2, 0.25) is 0 Å². The zero-order chi connectivity index (χ0) is 15.4. The summed E-state index contributed by atoms with van der Waals surface area (Å²) in [5.41, 5.74) is 1.22. The minimum absolute atomic E-state index is 0.364. The van der Waals surface area contributed by atoms with Crippen LogP contribution in [0.1, 0.15) is 31.9 Å². The molecular weight excluding hydrogens is 278 g/mol. The van der Waals surface area contributed by atoms with E-state index in [1.54, 1.807) is 0 Å². The van der Waals surface area contributed by atoms with E-state index in [9.17, 15) is 5.26 Å². The van der Waals surface area contributed by atoms with E-state index in [0.717, 1.165) is 43.7 Å². The third-order valence-corrected chi connectivity index (χ3v) is 3.68. The van der Waals surface area contributed by atoms with Crippen molar-refractivity contribution < 1.29 is 9.15 Å². The van der Waals surface area contributed by atoms with Crippen molar-refractivity contribution in [3.05, 3.63) is 30.0 Å².